The van der Waals surface area contributed by atoms with Crippen LogP contribution >= 0.6 is 11.6 Å². The van der Waals surface area contributed by atoms with E-state index in [4.69, 9.17) is 16.3 Å². The molecule has 0 fully saturated rings. The van der Waals surface area contributed by atoms with Crippen LogP contribution < -0.4 is 14.4 Å². The molecule has 1 unspecified atom stereocenters. The summed E-state index contributed by atoms with van der Waals surface area (Å²) >= 11 is 6.18. The second-order valence-corrected chi connectivity index (χ2v) is 12.3. The Labute approximate surface area is 241 Å². The number of carbonyl (C=O) groups is 2. The predicted molar refractivity (Wildman–Crippen MR) is 158 cm³/mol. The van der Waals surface area contributed by atoms with Crippen LogP contribution in [0.2, 0.25) is 5.02 Å². The molecule has 0 spiro atoms. The number of rotatable bonds is 12. The van der Waals surface area contributed by atoms with Gasteiger partial charge in [-0.1, -0.05) is 61.3 Å². The summed E-state index contributed by atoms with van der Waals surface area (Å²) in [5, 5.41) is 3.36. The van der Waals surface area contributed by atoms with Gasteiger partial charge in [0.2, 0.25) is 11.8 Å². The zero-order valence-electron chi connectivity index (χ0n) is 23.4. The minimum Gasteiger partial charge on any atom is -0.497 e. The maximum Gasteiger partial charge on any atom is 0.264 e. The smallest absolute Gasteiger partial charge is 0.264 e. The number of carbonyl (C=O) groups excluding carboxylic acids is 2. The van der Waals surface area contributed by atoms with E-state index < -0.39 is 28.5 Å². The van der Waals surface area contributed by atoms with E-state index in [0.29, 0.717) is 22.9 Å². The van der Waals surface area contributed by atoms with Gasteiger partial charge in [0.25, 0.3) is 10.0 Å². The van der Waals surface area contributed by atoms with Crippen molar-refractivity contribution in [1.29, 1.82) is 0 Å². The van der Waals surface area contributed by atoms with E-state index in [0.717, 1.165) is 9.87 Å². The third-order valence-electron chi connectivity index (χ3n) is 6.32. The molecule has 0 bridgehead atoms. The van der Waals surface area contributed by atoms with E-state index >= 15 is 0 Å². The number of hydrogen-bond acceptors (Lipinski definition) is 5. The van der Waals surface area contributed by atoms with Gasteiger partial charge >= 0.3 is 0 Å². The van der Waals surface area contributed by atoms with Gasteiger partial charge in [-0.15, -0.1) is 0 Å². The predicted octanol–water partition coefficient (Wildman–Crippen LogP) is 5.04. The van der Waals surface area contributed by atoms with Gasteiger partial charge in [0.1, 0.15) is 18.3 Å². The van der Waals surface area contributed by atoms with E-state index in [1.54, 1.807) is 67.6 Å². The van der Waals surface area contributed by atoms with Gasteiger partial charge in [-0.3, -0.25) is 13.9 Å². The molecular weight excluding hydrogens is 550 g/mol. The van der Waals surface area contributed by atoms with Crippen molar-refractivity contribution in [2.75, 3.05) is 24.5 Å². The monoisotopic (exact) mass is 585 g/mol. The number of aryl methyl sites for hydroxylation is 1. The molecule has 10 heteroatoms. The van der Waals surface area contributed by atoms with Crippen LogP contribution in [0.15, 0.2) is 77.7 Å². The second-order valence-electron chi connectivity index (χ2n) is 9.99. The Bertz CT molecular complexity index is 1430. The number of ether oxygens (including phenoxy) is 1. The summed E-state index contributed by atoms with van der Waals surface area (Å²) in [4.78, 5) is 28.4. The standard InChI is InChI=1S/C30H36ClN3O5S/c1-21(2)18-32-30(36)23(4)33(19-24-8-6-9-25(31)16-24)29(35)20-34(26-10-7-11-27(17-26)39-5)40(37,38)28-14-12-22(3)13-15-28/h6-17,21,23H,18-20H2,1-5H3,(H,32,36). The van der Waals surface area contributed by atoms with Gasteiger partial charge < -0.3 is 15.0 Å². The number of halogens is 1. The maximum atomic E-state index is 14.0. The third-order valence-corrected chi connectivity index (χ3v) is 8.35. The Hall–Kier alpha value is -3.56. The van der Waals surface area contributed by atoms with Crippen molar-refractivity contribution in [3.05, 3.63) is 88.9 Å². The van der Waals surface area contributed by atoms with Gasteiger partial charge in [0, 0.05) is 24.2 Å². The van der Waals surface area contributed by atoms with Crippen molar-refractivity contribution >= 4 is 39.1 Å². The molecule has 1 atom stereocenters. The second kappa shape index (κ2) is 13.7. The molecule has 3 aromatic rings. The molecule has 2 amide bonds. The van der Waals surface area contributed by atoms with Crippen LogP contribution in [0.25, 0.3) is 0 Å². The first-order chi connectivity index (χ1) is 18.9. The van der Waals surface area contributed by atoms with E-state index in [9.17, 15) is 18.0 Å². The lowest BCUT2D eigenvalue weighted by Crippen LogP contribution is -2.51. The molecule has 0 aliphatic heterocycles. The average molecular weight is 586 g/mol. The molecule has 0 saturated heterocycles. The summed E-state index contributed by atoms with van der Waals surface area (Å²) in [5.74, 6) is -0.230. The molecule has 214 valence electrons. The normalized spacial score (nSPS) is 12.1. The molecule has 3 aromatic carbocycles. The minimum atomic E-state index is -4.16. The van der Waals surface area contributed by atoms with Crippen LogP contribution in [0.5, 0.6) is 5.75 Å². The highest BCUT2D eigenvalue weighted by Gasteiger charge is 2.32. The van der Waals surface area contributed by atoms with Crippen molar-refractivity contribution in [1.82, 2.24) is 10.2 Å². The van der Waals surface area contributed by atoms with Gasteiger partial charge in [-0.05, 0) is 61.7 Å². The molecule has 0 heterocycles. The van der Waals surface area contributed by atoms with Crippen LogP contribution in [0.3, 0.4) is 0 Å². The molecular formula is C30H36ClN3O5S. The van der Waals surface area contributed by atoms with Crippen molar-refractivity contribution in [2.45, 2.75) is 45.2 Å². The molecule has 40 heavy (non-hydrogen) atoms. The van der Waals surface area contributed by atoms with E-state index in [1.807, 2.05) is 20.8 Å². The lowest BCUT2D eigenvalue weighted by Gasteiger charge is -2.32. The fraction of sp³-hybridized carbons (Fsp3) is 0.333. The summed E-state index contributed by atoms with van der Waals surface area (Å²) in [7, 11) is -2.68. The Morgan fingerprint density at radius 3 is 2.27 bits per heavy atom. The Kier molecular flexibility index (Phi) is 10.6. The van der Waals surface area contributed by atoms with Gasteiger partial charge in [0.05, 0.1) is 17.7 Å². The number of hydrogen-bond donors (Lipinski definition) is 1. The zero-order valence-corrected chi connectivity index (χ0v) is 25.0. The number of methoxy groups -OCH3 is 1. The maximum absolute atomic E-state index is 14.0. The van der Waals surface area contributed by atoms with Gasteiger partial charge in [-0.25, -0.2) is 8.42 Å². The summed E-state index contributed by atoms with van der Waals surface area (Å²) < 4.78 is 34.2. The highest BCUT2D eigenvalue weighted by molar-refractivity contribution is 7.92. The number of sulfonamides is 1. The SMILES string of the molecule is COc1cccc(N(CC(=O)N(Cc2cccc(Cl)c2)C(C)C(=O)NCC(C)C)S(=O)(=O)c2ccc(C)cc2)c1. The molecule has 0 aliphatic carbocycles. The average Bonchev–Trinajstić information content (AvgIpc) is 2.93. The molecule has 0 aromatic heterocycles. The zero-order chi connectivity index (χ0) is 29.4. The first kappa shape index (κ1) is 31.0. The first-order valence-electron chi connectivity index (χ1n) is 13.0. The lowest BCUT2D eigenvalue weighted by molar-refractivity contribution is -0.139. The van der Waals surface area contributed by atoms with E-state index in [-0.39, 0.29) is 29.0 Å². The molecule has 0 saturated carbocycles. The number of nitrogens with zero attached hydrogens (tertiary/aromatic N) is 2. The lowest BCUT2D eigenvalue weighted by atomic mass is 10.1. The summed E-state index contributed by atoms with van der Waals surface area (Å²) in [6.07, 6.45) is 0. The Morgan fingerprint density at radius 1 is 0.975 bits per heavy atom. The Balaban J connectivity index is 2.03. The fourth-order valence-electron chi connectivity index (χ4n) is 4.00. The van der Waals surface area contributed by atoms with E-state index in [2.05, 4.69) is 5.32 Å². The molecule has 0 radical (unpaired) electrons. The van der Waals surface area contributed by atoms with Crippen molar-refractivity contribution in [2.24, 2.45) is 5.92 Å². The third kappa shape index (κ3) is 7.99. The van der Waals surface area contributed by atoms with Crippen molar-refractivity contribution in [3.63, 3.8) is 0 Å². The van der Waals surface area contributed by atoms with Crippen LogP contribution in [0.1, 0.15) is 31.9 Å². The minimum absolute atomic E-state index is 0.0397. The summed E-state index contributed by atoms with van der Waals surface area (Å²) in [6.45, 7) is 7.41. The molecule has 8 nitrogen and oxygen atoms in total. The van der Waals surface area contributed by atoms with Crippen LogP contribution in [-0.2, 0) is 26.2 Å². The molecule has 1 N–H and O–H groups in total. The largest absolute Gasteiger partial charge is 0.497 e. The first-order valence-corrected chi connectivity index (χ1v) is 14.8. The number of anilines is 1. The quantitative estimate of drug-likeness (QED) is 0.321. The number of benzene rings is 3. The van der Waals surface area contributed by atoms with Crippen molar-refractivity contribution in [3.8, 4) is 5.75 Å². The summed E-state index contributed by atoms with van der Waals surface area (Å²) in [6, 6.07) is 19.0. The van der Waals surface area contributed by atoms with Crippen LogP contribution in [0.4, 0.5) is 5.69 Å². The topological polar surface area (TPSA) is 96.0 Å². The number of amides is 2. The van der Waals surface area contributed by atoms with Crippen molar-refractivity contribution < 1.29 is 22.7 Å². The fourth-order valence-corrected chi connectivity index (χ4v) is 5.62. The molecule has 3 rings (SSSR count). The number of nitrogens with one attached hydrogen (secondary N) is 1. The van der Waals surface area contributed by atoms with Gasteiger partial charge in [0.15, 0.2) is 0 Å². The summed E-state index contributed by atoms with van der Waals surface area (Å²) in [5.41, 5.74) is 1.86. The highest BCUT2D eigenvalue weighted by atomic mass is 35.5. The van der Waals surface area contributed by atoms with Crippen LogP contribution in [0, 0.1) is 12.8 Å². The highest BCUT2D eigenvalue weighted by Crippen LogP contribution is 2.28. The molecule has 0 aliphatic rings. The van der Waals surface area contributed by atoms with Crippen LogP contribution in [-0.4, -0.2) is 51.4 Å². The van der Waals surface area contributed by atoms with Gasteiger partial charge in [-0.2, -0.15) is 0 Å². The van der Waals surface area contributed by atoms with E-state index in [1.165, 1.54) is 24.1 Å². The Morgan fingerprint density at radius 2 is 1.65 bits per heavy atom.